The molecular weight excluding hydrogens is 409 g/mol. The van der Waals surface area contributed by atoms with Crippen LogP contribution in [-0.2, 0) is 12.8 Å². The van der Waals surface area contributed by atoms with E-state index in [1.807, 2.05) is 12.3 Å². The summed E-state index contributed by atoms with van der Waals surface area (Å²) in [6.45, 7) is 3.95. The predicted molar refractivity (Wildman–Crippen MR) is 102 cm³/mol. The molecule has 0 amide bonds. The zero-order valence-electron chi connectivity index (χ0n) is 13.2. The van der Waals surface area contributed by atoms with Crippen molar-refractivity contribution < 1.29 is 0 Å². The van der Waals surface area contributed by atoms with Gasteiger partial charge in [-0.05, 0) is 63.7 Å². The van der Waals surface area contributed by atoms with E-state index >= 15 is 0 Å². The van der Waals surface area contributed by atoms with Crippen LogP contribution in [0.1, 0.15) is 28.4 Å². The number of benzene rings is 1. The van der Waals surface area contributed by atoms with E-state index in [4.69, 9.17) is 28.2 Å². The maximum atomic E-state index is 6.67. The number of piperazine rings is 1. The van der Waals surface area contributed by atoms with Crippen LogP contribution in [0.25, 0.3) is 0 Å². The summed E-state index contributed by atoms with van der Waals surface area (Å²) < 4.78 is 1.02. The molecule has 0 spiro atoms. The molecule has 1 saturated heterocycles. The van der Waals surface area contributed by atoms with Crippen LogP contribution < -0.4 is 5.32 Å². The second kappa shape index (κ2) is 6.93. The predicted octanol–water partition coefficient (Wildman–Crippen LogP) is 4.24. The minimum Gasteiger partial charge on any atom is -0.314 e. The summed E-state index contributed by atoms with van der Waals surface area (Å²) in [4.78, 5) is 7.28. The highest BCUT2D eigenvalue weighted by Crippen LogP contribution is 2.41. The van der Waals surface area contributed by atoms with Crippen LogP contribution >= 0.6 is 39.1 Å². The van der Waals surface area contributed by atoms with E-state index in [0.29, 0.717) is 5.02 Å². The molecule has 1 aliphatic carbocycles. The Balaban J connectivity index is 1.91. The van der Waals surface area contributed by atoms with Crippen LogP contribution in [0, 0.1) is 0 Å². The third-order valence-electron chi connectivity index (χ3n) is 4.86. The van der Waals surface area contributed by atoms with Crippen LogP contribution in [-0.4, -0.2) is 36.1 Å². The number of aromatic nitrogens is 1. The van der Waals surface area contributed by atoms with Gasteiger partial charge in [0.05, 0.1) is 11.7 Å². The van der Waals surface area contributed by atoms with Gasteiger partial charge in [-0.2, -0.15) is 0 Å². The van der Waals surface area contributed by atoms with Crippen molar-refractivity contribution in [3.63, 3.8) is 0 Å². The molecule has 1 aliphatic heterocycles. The third-order valence-corrected chi connectivity index (χ3v) is 5.83. The lowest BCUT2D eigenvalue weighted by Gasteiger charge is -2.36. The van der Waals surface area contributed by atoms with E-state index in [1.54, 1.807) is 0 Å². The Kier molecular flexibility index (Phi) is 4.85. The number of hydrogen-bond acceptors (Lipinski definition) is 3. The summed E-state index contributed by atoms with van der Waals surface area (Å²) in [5.74, 6) is 0. The summed E-state index contributed by atoms with van der Waals surface area (Å²) in [6.07, 6.45) is 3.78. The SMILES string of the molecule is Clc1cc(Cl)c2c(c1)CCc1cc(Br)cnc1[C@H]2N1CCNCC1. The molecule has 1 aromatic heterocycles. The lowest BCUT2D eigenvalue weighted by atomic mass is 9.96. The first-order chi connectivity index (χ1) is 11.6. The average molecular weight is 427 g/mol. The monoisotopic (exact) mass is 425 g/mol. The smallest absolute Gasteiger partial charge is 0.0797 e. The van der Waals surface area contributed by atoms with Crippen molar-refractivity contribution in [3.05, 3.63) is 61.3 Å². The van der Waals surface area contributed by atoms with E-state index in [1.165, 1.54) is 16.7 Å². The largest absolute Gasteiger partial charge is 0.314 e. The number of nitrogens with one attached hydrogen (secondary N) is 1. The second-order valence-electron chi connectivity index (χ2n) is 6.35. The quantitative estimate of drug-likeness (QED) is 0.738. The molecule has 24 heavy (non-hydrogen) atoms. The Labute approximate surface area is 160 Å². The van der Waals surface area contributed by atoms with Crippen LogP contribution in [0.3, 0.4) is 0 Å². The molecule has 0 unspecified atom stereocenters. The zero-order chi connectivity index (χ0) is 16.7. The molecule has 6 heteroatoms. The van der Waals surface area contributed by atoms with E-state index < -0.39 is 0 Å². The normalized spacial score (nSPS) is 21.0. The Hall–Kier alpha value is -0.650. The number of nitrogens with zero attached hydrogens (tertiary/aromatic N) is 2. The number of aryl methyl sites for hydroxylation is 2. The first-order valence-corrected chi connectivity index (χ1v) is 9.75. The fourth-order valence-electron chi connectivity index (χ4n) is 3.79. The van der Waals surface area contributed by atoms with Gasteiger partial charge in [-0.15, -0.1) is 0 Å². The highest BCUT2D eigenvalue weighted by molar-refractivity contribution is 9.10. The molecular formula is C18H18BrCl2N3. The number of fused-ring (bicyclic) bond motifs is 2. The van der Waals surface area contributed by atoms with Crippen molar-refractivity contribution in [2.75, 3.05) is 26.2 Å². The van der Waals surface area contributed by atoms with Crippen molar-refractivity contribution in [2.45, 2.75) is 18.9 Å². The highest BCUT2D eigenvalue weighted by Gasteiger charge is 2.32. The fraction of sp³-hybridized carbons (Fsp3) is 0.389. The minimum atomic E-state index is 0.0949. The van der Waals surface area contributed by atoms with Gasteiger partial charge >= 0.3 is 0 Å². The lowest BCUT2D eigenvalue weighted by molar-refractivity contribution is 0.195. The molecule has 2 aromatic rings. The highest BCUT2D eigenvalue weighted by atomic mass is 79.9. The number of pyridine rings is 1. The average Bonchev–Trinajstić information content (AvgIpc) is 2.72. The standard InChI is InChI=1S/C18H18BrCl2N3/c19-13-7-12-2-1-11-8-14(20)9-15(21)16(11)18(17(12)23-10-13)24-5-3-22-4-6-24/h7-10,18,22H,1-6H2/t18-/m0/s1. The third kappa shape index (κ3) is 3.11. The Bertz CT molecular complexity index is 775. The molecule has 1 aromatic carbocycles. The number of rotatable bonds is 1. The van der Waals surface area contributed by atoms with E-state index in [-0.39, 0.29) is 6.04 Å². The van der Waals surface area contributed by atoms with Crippen LogP contribution in [0.5, 0.6) is 0 Å². The van der Waals surface area contributed by atoms with E-state index in [0.717, 1.165) is 54.2 Å². The molecule has 126 valence electrons. The molecule has 2 heterocycles. The summed E-state index contributed by atoms with van der Waals surface area (Å²) in [5.41, 5.74) is 4.83. The Morgan fingerprint density at radius 1 is 1.08 bits per heavy atom. The van der Waals surface area contributed by atoms with Gasteiger partial charge in [0.15, 0.2) is 0 Å². The van der Waals surface area contributed by atoms with Crippen molar-refractivity contribution in [1.82, 2.24) is 15.2 Å². The number of halogens is 3. The first-order valence-electron chi connectivity index (χ1n) is 8.20. The molecule has 4 rings (SSSR count). The number of hydrogen-bond donors (Lipinski definition) is 1. The molecule has 1 atom stereocenters. The maximum absolute atomic E-state index is 6.67. The summed E-state index contributed by atoms with van der Waals surface area (Å²) >= 11 is 16.5. The van der Waals surface area contributed by atoms with E-state index in [9.17, 15) is 0 Å². The molecule has 0 radical (unpaired) electrons. The molecule has 3 nitrogen and oxygen atoms in total. The van der Waals surface area contributed by atoms with Gasteiger partial charge in [0, 0.05) is 46.9 Å². The second-order valence-corrected chi connectivity index (χ2v) is 8.11. The van der Waals surface area contributed by atoms with Crippen molar-refractivity contribution in [1.29, 1.82) is 0 Å². The van der Waals surface area contributed by atoms with Gasteiger partial charge < -0.3 is 5.32 Å². The van der Waals surface area contributed by atoms with E-state index in [2.05, 4.69) is 38.3 Å². The van der Waals surface area contributed by atoms with Crippen molar-refractivity contribution in [3.8, 4) is 0 Å². The zero-order valence-corrected chi connectivity index (χ0v) is 16.3. The topological polar surface area (TPSA) is 28.2 Å². The first kappa shape index (κ1) is 16.8. The van der Waals surface area contributed by atoms with Crippen molar-refractivity contribution in [2.24, 2.45) is 0 Å². The van der Waals surface area contributed by atoms with Gasteiger partial charge in [0.25, 0.3) is 0 Å². The van der Waals surface area contributed by atoms with Crippen molar-refractivity contribution >= 4 is 39.1 Å². The molecule has 0 saturated carbocycles. The van der Waals surface area contributed by atoms with Gasteiger partial charge in [0.2, 0.25) is 0 Å². The Morgan fingerprint density at radius 2 is 1.83 bits per heavy atom. The van der Waals surface area contributed by atoms with Gasteiger partial charge in [-0.3, -0.25) is 9.88 Å². The molecule has 1 fully saturated rings. The van der Waals surface area contributed by atoms with Crippen LogP contribution in [0.4, 0.5) is 0 Å². The van der Waals surface area contributed by atoms with Gasteiger partial charge in [-0.25, -0.2) is 0 Å². The van der Waals surface area contributed by atoms with Crippen LogP contribution in [0.2, 0.25) is 10.0 Å². The Morgan fingerprint density at radius 3 is 2.62 bits per heavy atom. The molecule has 2 aliphatic rings. The molecule has 1 N–H and O–H groups in total. The summed E-state index contributed by atoms with van der Waals surface area (Å²) in [6, 6.07) is 6.22. The summed E-state index contributed by atoms with van der Waals surface area (Å²) in [5, 5.41) is 4.88. The lowest BCUT2D eigenvalue weighted by Crippen LogP contribution is -2.45. The van der Waals surface area contributed by atoms with Gasteiger partial charge in [-0.1, -0.05) is 23.2 Å². The molecule has 0 bridgehead atoms. The van der Waals surface area contributed by atoms with Gasteiger partial charge in [0.1, 0.15) is 0 Å². The minimum absolute atomic E-state index is 0.0949. The van der Waals surface area contributed by atoms with Crippen LogP contribution in [0.15, 0.2) is 28.9 Å². The summed E-state index contributed by atoms with van der Waals surface area (Å²) in [7, 11) is 0. The fourth-order valence-corrected chi connectivity index (χ4v) is 4.81. The maximum Gasteiger partial charge on any atom is 0.0797 e.